The van der Waals surface area contributed by atoms with E-state index in [1.54, 1.807) is 0 Å². The Balaban J connectivity index is 1.87. The van der Waals surface area contributed by atoms with Gasteiger partial charge in [-0.25, -0.2) is 0 Å². The molecule has 0 spiro atoms. The van der Waals surface area contributed by atoms with E-state index in [2.05, 4.69) is 32.9 Å². The molecule has 0 aliphatic carbocycles. The highest BCUT2D eigenvalue weighted by Gasteiger charge is 2.24. The van der Waals surface area contributed by atoms with Crippen LogP contribution < -0.4 is 0 Å². The summed E-state index contributed by atoms with van der Waals surface area (Å²) in [5.74, 6) is 0.110. The summed E-state index contributed by atoms with van der Waals surface area (Å²) in [4.78, 5) is 14.5. The number of aliphatic hydroxyl groups excluding tert-OH is 1. The number of carbonyl (C=O) groups excluding carboxylic acids is 1. The van der Waals surface area contributed by atoms with Crippen LogP contribution in [0.3, 0.4) is 0 Å². The zero-order chi connectivity index (χ0) is 16.9. The molecule has 1 fully saturated rings. The van der Waals surface area contributed by atoms with Crippen LogP contribution in [0.4, 0.5) is 0 Å². The van der Waals surface area contributed by atoms with Gasteiger partial charge < -0.3 is 14.7 Å². The van der Waals surface area contributed by atoms with Gasteiger partial charge in [-0.05, 0) is 42.4 Å². The van der Waals surface area contributed by atoms with Crippen LogP contribution >= 0.6 is 0 Å². The quantitative estimate of drug-likeness (QED) is 0.849. The first kappa shape index (κ1) is 18.0. The molecule has 0 aromatic heterocycles. The second-order valence-corrected chi connectivity index (χ2v) is 7.27. The number of hydrogen-bond acceptors (Lipinski definition) is 3. The third-order valence-electron chi connectivity index (χ3n) is 4.38. The standard InChI is InChI=1S/C19H29NO3/c1-19(2,3)16-7-5-15(6-8-16)18(22)20-11-9-17(10-12-20)23-14-4-13-21/h5-8,17,21H,4,9-14H2,1-3H3. The lowest BCUT2D eigenvalue weighted by Crippen LogP contribution is -2.41. The highest BCUT2D eigenvalue weighted by Crippen LogP contribution is 2.23. The smallest absolute Gasteiger partial charge is 0.253 e. The molecule has 1 N–H and O–H groups in total. The molecular formula is C19H29NO3. The highest BCUT2D eigenvalue weighted by atomic mass is 16.5. The van der Waals surface area contributed by atoms with E-state index in [1.165, 1.54) is 5.56 Å². The summed E-state index contributed by atoms with van der Waals surface area (Å²) in [6, 6.07) is 7.98. The molecule has 23 heavy (non-hydrogen) atoms. The van der Waals surface area contributed by atoms with Gasteiger partial charge in [0.05, 0.1) is 6.10 Å². The molecule has 0 atom stereocenters. The van der Waals surface area contributed by atoms with Gasteiger partial charge in [0.2, 0.25) is 0 Å². The van der Waals surface area contributed by atoms with Crippen LogP contribution in [0.15, 0.2) is 24.3 Å². The van der Waals surface area contributed by atoms with E-state index in [0.29, 0.717) is 13.0 Å². The molecule has 1 aromatic carbocycles. The lowest BCUT2D eigenvalue weighted by atomic mass is 9.86. The third kappa shape index (κ3) is 5.05. The van der Waals surface area contributed by atoms with Crippen molar-refractivity contribution in [3.8, 4) is 0 Å². The molecule has 0 radical (unpaired) electrons. The summed E-state index contributed by atoms with van der Waals surface area (Å²) < 4.78 is 5.71. The van der Waals surface area contributed by atoms with E-state index < -0.39 is 0 Å². The second kappa shape index (κ2) is 7.93. The van der Waals surface area contributed by atoms with Gasteiger partial charge in [0, 0.05) is 31.9 Å². The van der Waals surface area contributed by atoms with Gasteiger partial charge >= 0.3 is 0 Å². The number of piperidine rings is 1. The monoisotopic (exact) mass is 319 g/mol. The van der Waals surface area contributed by atoms with Gasteiger partial charge in [0.15, 0.2) is 0 Å². The zero-order valence-corrected chi connectivity index (χ0v) is 14.5. The fraction of sp³-hybridized carbons (Fsp3) is 0.632. The van der Waals surface area contributed by atoms with Crippen LogP contribution in [-0.2, 0) is 10.2 Å². The third-order valence-corrected chi connectivity index (χ3v) is 4.38. The minimum absolute atomic E-state index is 0.103. The molecule has 1 aliphatic rings. The molecule has 4 nitrogen and oxygen atoms in total. The van der Waals surface area contributed by atoms with Crippen LogP contribution in [0.5, 0.6) is 0 Å². The van der Waals surface area contributed by atoms with Crippen LogP contribution in [-0.4, -0.2) is 48.3 Å². The average molecular weight is 319 g/mol. The first-order valence-electron chi connectivity index (χ1n) is 8.54. The second-order valence-electron chi connectivity index (χ2n) is 7.27. The van der Waals surface area contributed by atoms with E-state index in [4.69, 9.17) is 9.84 Å². The Morgan fingerprint density at radius 1 is 1.22 bits per heavy atom. The van der Waals surface area contributed by atoms with E-state index in [9.17, 15) is 4.79 Å². The van der Waals surface area contributed by atoms with Crippen molar-refractivity contribution >= 4 is 5.91 Å². The van der Waals surface area contributed by atoms with E-state index in [1.807, 2.05) is 17.0 Å². The molecule has 4 heteroatoms. The maximum atomic E-state index is 12.6. The summed E-state index contributed by atoms with van der Waals surface area (Å²) in [6.45, 7) is 8.76. The van der Waals surface area contributed by atoms with Crippen molar-refractivity contribution in [2.45, 2.75) is 51.6 Å². The molecule has 1 saturated heterocycles. The summed E-state index contributed by atoms with van der Waals surface area (Å²) in [6.07, 6.45) is 2.64. The fourth-order valence-corrected chi connectivity index (χ4v) is 2.84. The van der Waals surface area contributed by atoms with Gasteiger partial charge in [0.1, 0.15) is 0 Å². The molecule has 128 valence electrons. The van der Waals surface area contributed by atoms with Crippen LogP contribution in [0.1, 0.15) is 56.0 Å². The Bertz CT molecular complexity index is 496. The maximum absolute atomic E-state index is 12.6. The number of ether oxygens (including phenoxy) is 1. The minimum Gasteiger partial charge on any atom is -0.396 e. The number of nitrogens with zero attached hydrogens (tertiary/aromatic N) is 1. The van der Waals surface area contributed by atoms with Crippen molar-refractivity contribution in [1.82, 2.24) is 4.90 Å². The molecule has 0 bridgehead atoms. The van der Waals surface area contributed by atoms with E-state index in [0.717, 1.165) is 31.5 Å². The average Bonchev–Trinajstić information content (AvgIpc) is 2.54. The lowest BCUT2D eigenvalue weighted by molar-refractivity contribution is 0.00397. The number of carbonyl (C=O) groups is 1. The molecular weight excluding hydrogens is 290 g/mol. The summed E-state index contributed by atoms with van der Waals surface area (Å²) in [5, 5.41) is 8.77. The summed E-state index contributed by atoms with van der Waals surface area (Å²) in [5.41, 5.74) is 2.11. The van der Waals surface area contributed by atoms with Gasteiger partial charge in [-0.15, -0.1) is 0 Å². The van der Waals surface area contributed by atoms with Gasteiger partial charge in [-0.1, -0.05) is 32.9 Å². The largest absolute Gasteiger partial charge is 0.396 e. The molecule has 1 amide bonds. The first-order chi connectivity index (χ1) is 10.9. The van der Waals surface area contributed by atoms with Crippen LogP contribution in [0.2, 0.25) is 0 Å². The van der Waals surface area contributed by atoms with Crippen molar-refractivity contribution in [1.29, 1.82) is 0 Å². The van der Waals surface area contributed by atoms with Gasteiger partial charge in [0.25, 0.3) is 5.91 Å². The van der Waals surface area contributed by atoms with Crippen molar-refractivity contribution in [3.63, 3.8) is 0 Å². The molecule has 1 heterocycles. The number of amides is 1. The van der Waals surface area contributed by atoms with Crippen molar-refractivity contribution in [2.24, 2.45) is 0 Å². The molecule has 0 saturated carbocycles. The van der Waals surface area contributed by atoms with Gasteiger partial charge in [-0.2, -0.15) is 0 Å². The topological polar surface area (TPSA) is 49.8 Å². The van der Waals surface area contributed by atoms with Crippen molar-refractivity contribution < 1.29 is 14.6 Å². The Hall–Kier alpha value is -1.39. The predicted molar refractivity (Wildman–Crippen MR) is 91.7 cm³/mol. The normalized spacial score (nSPS) is 16.6. The highest BCUT2D eigenvalue weighted by molar-refractivity contribution is 5.94. The minimum atomic E-state index is 0.103. The number of hydrogen-bond donors (Lipinski definition) is 1. The predicted octanol–water partition coefficient (Wildman–Crippen LogP) is 2.99. The Labute approximate surface area is 139 Å². The fourth-order valence-electron chi connectivity index (χ4n) is 2.84. The summed E-state index contributed by atoms with van der Waals surface area (Å²) in [7, 11) is 0. The number of aliphatic hydroxyl groups is 1. The molecule has 1 aliphatic heterocycles. The number of rotatable bonds is 5. The van der Waals surface area contributed by atoms with Crippen LogP contribution in [0.25, 0.3) is 0 Å². The zero-order valence-electron chi connectivity index (χ0n) is 14.5. The molecule has 0 unspecified atom stereocenters. The molecule has 1 aromatic rings. The Morgan fingerprint density at radius 2 is 1.83 bits per heavy atom. The van der Waals surface area contributed by atoms with Crippen molar-refractivity contribution in [2.75, 3.05) is 26.3 Å². The lowest BCUT2D eigenvalue weighted by Gasteiger charge is -2.32. The maximum Gasteiger partial charge on any atom is 0.253 e. The number of likely N-dealkylation sites (tertiary alicyclic amines) is 1. The Kier molecular flexibility index (Phi) is 6.19. The van der Waals surface area contributed by atoms with E-state index >= 15 is 0 Å². The first-order valence-corrected chi connectivity index (χ1v) is 8.54. The van der Waals surface area contributed by atoms with E-state index in [-0.39, 0.29) is 24.0 Å². The number of benzene rings is 1. The summed E-state index contributed by atoms with van der Waals surface area (Å²) >= 11 is 0. The molecule has 2 rings (SSSR count). The van der Waals surface area contributed by atoms with Crippen LogP contribution in [0, 0.1) is 0 Å². The Morgan fingerprint density at radius 3 is 2.35 bits per heavy atom. The van der Waals surface area contributed by atoms with Gasteiger partial charge in [-0.3, -0.25) is 4.79 Å². The van der Waals surface area contributed by atoms with Crippen molar-refractivity contribution in [3.05, 3.63) is 35.4 Å². The SMILES string of the molecule is CC(C)(C)c1ccc(C(=O)N2CCC(OCCCO)CC2)cc1.